The molecule has 0 aliphatic carbocycles. The normalized spacial score (nSPS) is 10.9. The minimum atomic E-state index is -0.688. The number of para-hydroxylation sites is 2. The van der Waals surface area contributed by atoms with Gasteiger partial charge >= 0.3 is 5.97 Å². The zero-order valence-corrected chi connectivity index (χ0v) is 12.1. The summed E-state index contributed by atoms with van der Waals surface area (Å²) in [5.41, 5.74) is -0.688. The molecule has 0 fully saturated rings. The van der Waals surface area contributed by atoms with E-state index in [0.717, 1.165) is 6.42 Å². The van der Waals surface area contributed by atoms with E-state index in [1.165, 1.54) is 7.11 Å². The van der Waals surface area contributed by atoms with Gasteiger partial charge in [-0.2, -0.15) is 0 Å². The number of carbonyl (C=O) groups is 1. The molecule has 106 valence electrons. The van der Waals surface area contributed by atoms with Crippen LogP contribution in [0.4, 0.5) is 0 Å². The Morgan fingerprint density at radius 1 is 1.16 bits per heavy atom. The highest BCUT2D eigenvalue weighted by Gasteiger charge is 2.30. The highest BCUT2D eigenvalue weighted by atomic mass is 16.5. The van der Waals surface area contributed by atoms with Crippen molar-refractivity contribution in [3.63, 3.8) is 0 Å². The van der Waals surface area contributed by atoms with Crippen molar-refractivity contribution < 1.29 is 19.0 Å². The Bertz CT molecular complexity index is 412. The molecule has 0 aliphatic rings. The topological polar surface area (TPSA) is 44.8 Å². The summed E-state index contributed by atoms with van der Waals surface area (Å²) in [6, 6.07) is 7.46. The van der Waals surface area contributed by atoms with Crippen molar-refractivity contribution in [1.82, 2.24) is 0 Å². The van der Waals surface area contributed by atoms with Gasteiger partial charge in [-0.1, -0.05) is 19.1 Å². The standard InChI is InChI=1S/C15H22O4/c1-5-10-18-12-8-6-7-9-13(12)19-11-15(2,3)14(16)17-4/h6-9H,5,10-11H2,1-4H3. The van der Waals surface area contributed by atoms with Crippen molar-refractivity contribution in [2.75, 3.05) is 20.3 Å². The largest absolute Gasteiger partial charge is 0.490 e. The van der Waals surface area contributed by atoms with Crippen LogP contribution in [-0.2, 0) is 9.53 Å². The summed E-state index contributed by atoms with van der Waals surface area (Å²) in [4.78, 5) is 11.6. The predicted molar refractivity (Wildman–Crippen MR) is 73.5 cm³/mol. The number of methoxy groups -OCH3 is 1. The van der Waals surface area contributed by atoms with Crippen molar-refractivity contribution >= 4 is 5.97 Å². The predicted octanol–water partition coefficient (Wildman–Crippen LogP) is 3.05. The molecule has 0 amide bonds. The van der Waals surface area contributed by atoms with Crippen molar-refractivity contribution in [1.29, 1.82) is 0 Å². The average Bonchev–Trinajstić information content (AvgIpc) is 2.42. The zero-order valence-electron chi connectivity index (χ0n) is 12.1. The summed E-state index contributed by atoms with van der Waals surface area (Å²) in [6.07, 6.45) is 0.933. The molecule has 0 saturated carbocycles. The van der Waals surface area contributed by atoms with E-state index in [1.54, 1.807) is 13.8 Å². The maximum absolute atomic E-state index is 11.6. The van der Waals surface area contributed by atoms with Crippen LogP contribution in [0, 0.1) is 5.41 Å². The molecular weight excluding hydrogens is 244 g/mol. The molecule has 0 aromatic heterocycles. The summed E-state index contributed by atoms with van der Waals surface area (Å²) < 4.78 is 16.0. The monoisotopic (exact) mass is 266 g/mol. The van der Waals surface area contributed by atoms with Crippen LogP contribution in [-0.4, -0.2) is 26.3 Å². The third kappa shape index (κ3) is 4.47. The summed E-state index contributed by atoms with van der Waals surface area (Å²) in [6.45, 7) is 6.50. The molecule has 0 atom stereocenters. The number of benzene rings is 1. The van der Waals surface area contributed by atoms with Crippen molar-refractivity contribution in [3.05, 3.63) is 24.3 Å². The smallest absolute Gasteiger partial charge is 0.314 e. The van der Waals surface area contributed by atoms with Crippen molar-refractivity contribution in [2.24, 2.45) is 5.41 Å². The molecule has 0 N–H and O–H groups in total. The minimum absolute atomic E-state index is 0.242. The number of carbonyl (C=O) groups excluding carboxylic acids is 1. The van der Waals surface area contributed by atoms with Gasteiger partial charge in [-0.15, -0.1) is 0 Å². The van der Waals surface area contributed by atoms with Gasteiger partial charge in [-0.3, -0.25) is 4.79 Å². The molecule has 0 heterocycles. The van der Waals surface area contributed by atoms with Crippen LogP contribution >= 0.6 is 0 Å². The van der Waals surface area contributed by atoms with E-state index in [2.05, 4.69) is 0 Å². The zero-order chi connectivity index (χ0) is 14.3. The number of esters is 1. The fourth-order valence-electron chi connectivity index (χ4n) is 1.49. The van der Waals surface area contributed by atoms with Crippen LogP contribution in [0.2, 0.25) is 0 Å². The maximum atomic E-state index is 11.6. The molecule has 4 nitrogen and oxygen atoms in total. The Balaban J connectivity index is 2.69. The van der Waals surface area contributed by atoms with Gasteiger partial charge in [0.1, 0.15) is 6.61 Å². The lowest BCUT2D eigenvalue weighted by atomic mass is 9.95. The first-order valence-electron chi connectivity index (χ1n) is 6.44. The van der Waals surface area contributed by atoms with Crippen LogP contribution in [0.3, 0.4) is 0 Å². The lowest BCUT2D eigenvalue weighted by Gasteiger charge is -2.22. The summed E-state index contributed by atoms with van der Waals surface area (Å²) >= 11 is 0. The number of hydrogen-bond acceptors (Lipinski definition) is 4. The Morgan fingerprint density at radius 3 is 2.26 bits per heavy atom. The quantitative estimate of drug-likeness (QED) is 0.711. The van der Waals surface area contributed by atoms with Crippen LogP contribution in [0.1, 0.15) is 27.2 Å². The van der Waals surface area contributed by atoms with Gasteiger partial charge in [0.25, 0.3) is 0 Å². The second kappa shape index (κ2) is 7.02. The maximum Gasteiger partial charge on any atom is 0.314 e. The van der Waals surface area contributed by atoms with E-state index in [4.69, 9.17) is 14.2 Å². The minimum Gasteiger partial charge on any atom is -0.490 e. The van der Waals surface area contributed by atoms with Gasteiger partial charge in [0.15, 0.2) is 11.5 Å². The van der Waals surface area contributed by atoms with E-state index < -0.39 is 5.41 Å². The van der Waals surface area contributed by atoms with Gasteiger partial charge in [0.05, 0.1) is 19.1 Å². The highest BCUT2D eigenvalue weighted by Crippen LogP contribution is 2.28. The van der Waals surface area contributed by atoms with Crippen molar-refractivity contribution in [2.45, 2.75) is 27.2 Å². The Labute approximate surface area is 114 Å². The first-order valence-corrected chi connectivity index (χ1v) is 6.44. The highest BCUT2D eigenvalue weighted by molar-refractivity contribution is 5.75. The molecule has 0 spiro atoms. The number of rotatable bonds is 7. The number of ether oxygens (including phenoxy) is 3. The third-order valence-electron chi connectivity index (χ3n) is 2.64. The van der Waals surface area contributed by atoms with Crippen LogP contribution in [0.15, 0.2) is 24.3 Å². The molecule has 0 radical (unpaired) electrons. The lowest BCUT2D eigenvalue weighted by Crippen LogP contribution is -2.32. The average molecular weight is 266 g/mol. The molecule has 1 rings (SSSR count). The summed E-state index contributed by atoms with van der Waals surface area (Å²) in [5.74, 6) is 1.05. The molecule has 0 aliphatic heterocycles. The molecule has 0 unspecified atom stereocenters. The van der Waals surface area contributed by atoms with Crippen molar-refractivity contribution in [3.8, 4) is 11.5 Å². The lowest BCUT2D eigenvalue weighted by molar-refractivity contribution is -0.152. The molecular formula is C15H22O4. The molecule has 0 bridgehead atoms. The van der Waals surface area contributed by atoms with E-state index in [1.807, 2.05) is 31.2 Å². The Hall–Kier alpha value is -1.71. The summed E-state index contributed by atoms with van der Waals surface area (Å²) in [7, 11) is 1.38. The second-order valence-corrected chi connectivity index (χ2v) is 4.96. The van der Waals surface area contributed by atoms with E-state index in [0.29, 0.717) is 18.1 Å². The fourth-order valence-corrected chi connectivity index (χ4v) is 1.49. The Kier molecular flexibility index (Phi) is 5.67. The van der Waals surface area contributed by atoms with Gasteiger partial charge < -0.3 is 14.2 Å². The van der Waals surface area contributed by atoms with Gasteiger partial charge in [-0.25, -0.2) is 0 Å². The molecule has 4 heteroatoms. The van der Waals surface area contributed by atoms with Crippen LogP contribution in [0.5, 0.6) is 11.5 Å². The van der Waals surface area contributed by atoms with E-state index >= 15 is 0 Å². The second-order valence-electron chi connectivity index (χ2n) is 4.96. The number of hydrogen-bond donors (Lipinski definition) is 0. The first-order chi connectivity index (χ1) is 9.01. The SMILES string of the molecule is CCCOc1ccccc1OCC(C)(C)C(=O)OC. The van der Waals surface area contributed by atoms with Gasteiger partial charge in [-0.05, 0) is 32.4 Å². The third-order valence-corrected chi connectivity index (χ3v) is 2.64. The summed E-state index contributed by atoms with van der Waals surface area (Å²) in [5, 5.41) is 0. The molecule has 19 heavy (non-hydrogen) atoms. The van der Waals surface area contributed by atoms with Gasteiger partial charge in [0.2, 0.25) is 0 Å². The molecule has 1 aromatic rings. The van der Waals surface area contributed by atoms with Crippen LogP contribution in [0.25, 0.3) is 0 Å². The van der Waals surface area contributed by atoms with E-state index in [-0.39, 0.29) is 12.6 Å². The van der Waals surface area contributed by atoms with Gasteiger partial charge in [0, 0.05) is 0 Å². The van der Waals surface area contributed by atoms with E-state index in [9.17, 15) is 4.79 Å². The van der Waals surface area contributed by atoms with Crippen LogP contribution < -0.4 is 9.47 Å². The fraction of sp³-hybridized carbons (Fsp3) is 0.533. The molecule has 1 aromatic carbocycles. The Morgan fingerprint density at radius 2 is 1.74 bits per heavy atom. The molecule has 0 saturated heterocycles. The first kappa shape index (κ1) is 15.3.